The summed E-state index contributed by atoms with van der Waals surface area (Å²) in [6, 6.07) is 58.4. The van der Waals surface area contributed by atoms with Gasteiger partial charge in [-0.05, 0) is 137 Å². The average molecular weight is 767 g/mol. The van der Waals surface area contributed by atoms with Crippen molar-refractivity contribution in [3.05, 3.63) is 174 Å². The van der Waals surface area contributed by atoms with Crippen LogP contribution in [-0.2, 0) is 0 Å². The number of anilines is 3. The normalized spacial score (nSPS) is 13.2. The third kappa shape index (κ3) is 4.16. The molecule has 3 aromatic heterocycles. The molecule has 0 saturated heterocycles. The van der Waals surface area contributed by atoms with E-state index in [9.17, 15) is 0 Å². The molecule has 0 saturated carbocycles. The first kappa shape index (κ1) is 32.5. The van der Waals surface area contributed by atoms with E-state index in [0.29, 0.717) is 0 Å². The Morgan fingerprint density at radius 1 is 0.467 bits per heavy atom. The van der Waals surface area contributed by atoms with Crippen LogP contribution in [0.2, 0.25) is 0 Å². The van der Waals surface area contributed by atoms with E-state index in [4.69, 9.17) is 8.83 Å². The number of hydrogen-bond donors (Lipinski definition) is 0. The van der Waals surface area contributed by atoms with E-state index in [-0.39, 0.29) is 6.85 Å². The molecule has 5 heteroatoms. The molecule has 2 aliphatic heterocycles. The maximum absolute atomic E-state index is 6.73. The zero-order valence-corrected chi connectivity index (χ0v) is 33.3. The van der Waals surface area contributed by atoms with Crippen LogP contribution >= 0.6 is 0 Å². The van der Waals surface area contributed by atoms with Crippen LogP contribution in [0, 0.1) is 20.8 Å². The first-order chi connectivity index (χ1) is 29.5. The molecule has 0 atom stereocenters. The van der Waals surface area contributed by atoms with Gasteiger partial charge in [0.05, 0.1) is 0 Å². The van der Waals surface area contributed by atoms with Crippen LogP contribution in [0.15, 0.2) is 167 Å². The number of fused-ring (bicyclic) bond motifs is 14. The van der Waals surface area contributed by atoms with Gasteiger partial charge in [0.2, 0.25) is 0 Å². The fourth-order valence-electron chi connectivity index (χ4n) is 11.3. The lowest BCUT2D eigenvalue weighted by Crippen LogP contribution is -2.56. The molecule has 14 rings (SSSR count). The third-order valence-electron chi connectivity index (χ3n) is 13.6. The second-order valence-corrected chi connectivity index (χ2v) is 17.0. The van der Waals surface area contributed by atoms with Crippen molar-refractivity contribution < 1.29 is 8.83 Å². The van der Waals surface area contributed by atoms with Crippen molar-refractivity contribution in [1.29, 1.82) is 0 Å². The van der Waals surface area contributed by atoms with Gasteiger partial charge in [-0.3, -0.25) is 0 Å². The summed E-state index contributed by atoms with van der Waals surface area (Å²) in [4.78, 5) is 2.53. The Kier molecular flexibility index (Phi) is 6.15. The average Bonchev–Trinajstić information content (AvgIpc) is 3.92. The number of furan rings is 2. The Morgan fingerprint density at radius 2 is 1.13 bits per heavy atom. The quantitative estimate of drug-likeness (QED) is 0.164. The molecule has 5 heterocycles. The van der Waals surface area contributed by atoms with Crippen molar-refractivity contribution >= 4 is 111 Å². The van der Waals surface area contributed by atoms with Crippen molar-refractivity contribution in [2.24, 2.45) is 0 Å². The molecule has 2 aliphatic rings. The minimum Gasteiger partial charge on any atom is -0.456 e. The predicted molar refractivity (Wildman–Crippen MR) is 252 cm³/mol. The van der Waals surface area contributed by atoms with Gasteiger partial charge in [-0.15, -0.1) is 0 Å². The number of aryl methyl sites for hydroxylation is 3. The van der Waals surface area contributed by atoms with E-state index in [1.807, 2.05) is 6.07 Å². The number of nitrogens with zero attached hydrogens (tertiary/aromatic N) is 2. The Labute approximate surface area is 345 Å². The van der Waals surface area contributed by atoms with Crippen LogP contribution in [0.5, 0.6) is 0 Å². The summed E-state index contributed by atoms with van der Waals surface area (Å²) in [5, 5.41) is 9.49. The van der Waals surface area contributed by atoms with Gasteiger partial charge in [0, 0.05) is 66.0 Å². The van der Waals surface area contributed by atoms with Gasteiger partial charge in [0.1, 0.15) is 22.3 Å². The molecule has 60 heavy (non-hydrogen) atoms. The van der Waals surface area contributed by atoms with E-state index in [1.54, 1.807) is 0 Å². The van der Waals surface area contributed by atoms with Gasteiger partial charge < -0.3 is 18.2 Å². The monoisotopic (exact) mass is 766 g/mol. The minimum atomic E-state index is -0.123. The third-order valence-corrected chi connectivity index (χ3v) is 13.6. The molecular formula is C55H35BN2O2. The van der Waals surface area contributed by atoms with Gasteiger partial charge in [-0.2, -0.15) is 0 Å². The molecule has 4 nitrogen and oxygen atoms in total. The summed E-state index contributed by atoms with van der Waals surface area (Å²) in [6.45, 7) is 6.60. The number of hydrogen-bond acceptors (Lipinski definition) is 3. The van der Waals surface area contributed by atoms with Crippen molar-refractivity contribution in [2.45, 2.75) is 20.8 Å². The van der Waals surface area contributed by atoms with Crippen LogP contribution in [0.1, 0.15) is 16.7 Å². The Hall–Kier alpha value is -7.50. The van der Waals surface area contributed by atoms with Gasteiger partial charge in [0.15, 0.2) is 0 Å². The standard InChI is InChI=1S/C55H35BN2O2/c1-30-21-31(2)53(32(3)22-30)35-24-44-40-16-10-15-39-41-23-33-11-4-5-12-34(33)25-46(41)58(55(39)40)56-45-29-52-43(38-14-7-9-18-50(38)60-52)28-47(45)57(48(26-35)54(44)56)36-19-20-51-42(27-36)37-13-6-8-17-49(37)59-51/h4-29H,1-3H3. The highest BCUT2D eigenvalue weighted by Crippen LogP contribution is 2.49. The number of para-hydroxylation sites is 3. The van der Waals surface area contributed by atoms with Gasteiger partial charge in [0.25, 0.3) is 0 Å². The van der Waals surface area contributed by atoms with Gasteiger partial charge in [-0.25, -0.2) is 0 Å². The molecule has 0 aliphatic carbocycles. The summed E-state index contributed by atoms with van der Waals surface area (Å²) in [7, 11) is 0. The molecule has 0 radical (unpaired) electrons. The topological polar surface area (TPSA) is 34.5 Å². The molecule has 0 unspecified atom stereocenters. The van der Waals surface area contributed by atoms with Crippen LogP contribution in [-0.4, -0.2) is 11.3 Å². The number of aromatic nitrogens is 1. The molecule has 9 aromatic carbocycles. The van der Waals surface area contributed by atoms with E-state index in [0.717, 1.165) is 55.3 Å². The Morgan fingerprint density at radius 3 is 1.92 bits per heavy atom. The smallest absolute Gasteiger partial charge is 0.333 e. The van der Waals surface area contributed by atoms with E-state index < -0.39 is 0 Å². The molecule has 0 fully saturated rings. The van der Waals surface area contributed by atoms with Gasteiger partial charge >= 0.3 is 6.85 Å². The fraction of sp³-hybridized carbons (Fsp3) is 0.0545. The van der Waals surface area contributed by atoms with E-state index in [1.165, 1.54) is 88.1 Å². The van der Waals surface area contributed by atoms with Crippen molar-refractivity contribution in [3.63, 3.8) is 0 Å². The van der Waals surface area contributed by atoms with Gasteiger partial charge in [-0.1, -0.05) is 96.6 Å². The number of benzene rings is 9. The second kappa shape index (κ2) is 11.4. The highest BCUT2D eigenvalue weighted by atomic mass is 16.3. The minimum absolute atomic E-state index is 0.123. The van der Waals surface area contributed by atoms with Crippen LogP contribution < -0.4 is 15.8 Å². The molecule has 12 aromatic rings. The zero-order chi connectivity index (χ0) is 39.5. The van der Waals surface area contributed by atoms with Crippen LogP contribution in [0.3, 0.4) is 0 Å². The van der Waals surface area contributed by atoms with Crippen LogP contribution in [0.25, 0.3) is 98.7 Å². The molecular weight excluding hydrogens is 731 g/mol. The maximum atomic E-state index is 6.73. The highest BCUT2D eigenvalue weighted by molar-refractivity contribution is 6.90. The SMILES string of the molecule is Cc1cc(C)c(-c2cc3c4c(c2)N(c2ccc5oc6ccccc6c5c2)c2cc5c(cc2B4n2c4cc6ccccc6cc4c4cccc-3c42)oc2ccccc25)c(C)c1. The molecule has 0 N–H and O–H groups in total. The second-order valence-electron chi connectivity index (χ2n) is 17.0. The summed E-state index contributed by atoms with van der Waals surface area (Å²) in [6.07, 6.45) is 0. The number of rotatable bonds is 2. The van der Waals surface area contributed by atoms with E-state index >= 15 is 0 Å². The van der Waals surface area contributed by atoms with Crippen LogP contribution in [0.4, 0.5) is 17.1 Å². The van der Waals surface area contributed by atoms with Crippen molar-refractivity contribution in [1.82, 2.24) is 4.48 Å². The summed E-state index contributed by atoms with van der Waals surface area (Å²) >= 11 is 0. The summed E-state index contributed by atoms with van der Waals surface area (Å²) in [5.41, 5.74) is 20.9. The lowest BCUT2D eigenvalue weighted by molar-refractivity contribution is 0.669. The Balaban J connectivity index is 1.18. The molecule has 0 spiro atoms. The fourth-order valence-corrected chi connectivity index (χ4v) is 11.3. The predicted octanol–water partition coefficient (Wildman–Crippen LogP) is 13.8. The summed E-state index contributed by atoms with van der Waals surface area (Å²) < 4.78 is 15.8. The first-order valence-electron chi connectivity index (χ1n) is 20.9. The highest BCUT2D eigenvalue weighted by Gasteiger charge is 2.44. The maximum Gasteiger partial charge on any atom is 0.333 e. The largest absolute Gasteiger partial charge is 0.456 e. The Bertz CT molecular complexity index is 3880. The molecule has 0 amide bonds. The van der Waals surface area contributed by atoms with E-state index in [2.05, 4.69) is 182 Å². The summed E-state index contributed by atoms with van der Waals surface area (Å²) in [5.74, 6) is 0. The molecule has 0 bridgehead atoms. The first-order valence-corrected chi connectivity index (χ1v) is 20.9. The zero-order valence-electron chi connectivity index (χ0n) is 33.3. The lowest BCUT2D eigenvalue weighted by Gasteiger charge is -2.41. The van der Waals surface area contributed by atoms with Crippen molar-refractivity contribution in [2.75, 3.05) is 4.90 Å². The molecule has 280 valence electrons. The van der Waals surface area contributed by atoms with Crippen molar-refractivity contribution in [3.8, 4) is 22.3 Å². The lowest BCUT2D eigenvalue weighted by atomic mass is 9.45.